The predicted molar refractivity (Wildman–Crippen MR) is 73.4 cm³/mol. The highest BCUT2D eigenvalue weighted by molar-refractivity contribution is 6.31. The average Bonchev–Trinajstić information content (AvgIpc) is 2.40. The molecule has 0 aliphatic heterocycles. The molecule has 1 heterocycles. The van der Waals surface area contributed by atoms with Crippen molar-refractivity contribution < 1.29 is 4.74 Å². The first-order valence-corrected chi connectivity index (χ1v) is 5.87. The van der Waals surface area contributed by atoms with Gasteiger partial charge in [0.1, 0.15) is 11.6 Å². The number of rotatable bonds is 4. The standard InChI is InChI=1S/C13H14ClN3O/c1-18-12-5-4-10(14)7-11(12)17-13-9(8-15)3-2-6-16-13/h2-7H,8,15H2,1H3,(H,16,17). The molecule has 0 aliphatic rings. The molecule has 0 bridgehead atoms. The highest BCUT2D eigenvalue weighted by Gasteiger charge is 2.07. The van der Waals surface area contributed by atoms with Gasteiger partial charge in [0.15, 0.2) is 0 Å². The summed E-state index contributed by atoms with van der Waals surface area (Å²) in [5.74, 6) is 1.41. The number of ether oxygens (including phenoxy) is 1. The molecular weight excluding hydrogens is 250 g/mol. The minimum atomic E-state index is 0.416. The van der Waals surface area contributed by atoms with Crippen molar-refractivity contribution in [2.45, 2.75) is 6.54 Å². The summed E-state index contributed by atoms with van der Waals surface area (Å²) in [6.07, 6.45) is 1.71. The van der Waals surface area contributed by atoms with E-state index in [2.05, 4.69) is 10.3 Å². The summed E-state index contributed by atoms with van der Waals surface area (Å²) in [6.45, 7) is 0.416. The second-order valence-electron chi connectivity index (χ2n) is 3.68. The molecule has 2 aromatic rings. The fourth-order valence-corrected chi connectivity index (χ4v) is 1.79. The number of nitrogens with zero attached hydrogens (tertiary/aromatic N) is 1. The van der Waals surface area contributed by atoms with Crippen LogP contribution in [0.5, 0.6) is 5.75 Å². The summed E-state index contributed by atoms with van der Waals surface area (Å²) < 4.78 is 5.27. The molecule has 0 spiro atoms. The number of halogens is 1. The molecule has 0 radical (unpaired) electrons. The van der Waals surface area contributed by atoms with E-state index in [1.54, 1.807) is 31.5 Å². The molecule has 0 saturated heterocycles. The van der Waals surface area contributed by atoms with E-state index < -0.39 is 0 Å². The number of hydrogen-bond donors (Lipinski definition) is 2. The number of anilines is 2. The Kier molecular flexibility index (Phi) is 4.02. The summed E-state index contributed by atoms with van der Waals surface area (Å²) in [4.78, 5) is 4.26. The molecule has 5 heteroatoms. The van der Waals surface area contributed by atoms with Gasteiger partial charge >= 0.3 is 0 Å². The van der Waals surface area contributed by atoms with Gasteiger partial charge in [0.05, 0.1) is 12.8 Å². The van der Waals surface area contributed by atoms with Gasteiger partial charge in [-0.2, -0.15) is 0 Å². The number of pyridine rings is 1. The summed E-state index contributed by atoms with van der Waals surface area (Å²) in [7, 11) is 1.61. The molecule has 2 rings (SSSR count). The van der Waals surface area contributed by atoms with Gasteiger partial charge in [-0.25, -0.2) is 4.98 Å². The first kappa shape index (κ1) is 12.7. The Hall–Kier alpha value is -1.78. The van der Waals surface area contributed by atoms with Gasteiger partial charge in [-0.15, -0.1) is 0 Å². The Morgan fingerprint density at radius 2 is 2.22 bits per heavy atom. The van der Waals surface area contributed by atoms with Crippen LogP contribution in [0.1, 0.15) is 5.56 Å². The minimum absolute atomic E-state index is 0.416. The number of hydrogen-bond acceptors (Lipinski definition) is 4. The lowest BCUT2D eigenvalue weighted by atomic mass is 10.2. The third kappa shape index (κ3) is 2.72. The van der Waals surface area contributed by atoms with E-state index in [1.807, 2.05) is 12.1 Å². The molecule has 94 valence electrons. The lowest BCUT2D eigenvalue weighted by Gasteiger charge is -2.13. The van der Waals surface area contributed by atoms with Crippen molar-refractivity contribution in [2.75, 3.05) is 12.4 Å². The summed E-state index contributed by atoms with van der Waals surface area (Å²) in [5.41, 5.74) is 7.36. The molecule has 0 unspecified atom stereocenters. The first-order valence-electron chi connectivity index (χ1n) is 5.49. The number of methoxy groups -OCH3 is 1. The van der Waals surface area contributed by atoms with Crippen LogP contribution in [0.25, 0.3) is 0 Å². The summed E-state index contributed by atoms with van der Waals surface area (Å²) in [5, 5.41) is 3.81. The Balaban J connectivity index is 2.36. The zero-order chi connectivity index (χ0) is 13.0. The van der Waals surface area contributed by atoms with Crippen LogP contribution in [0.3, 0.4) is 0 Å². The number of benzene rings is 1. The largest absolute Gasteiger partial charge is 0.495 e. The quantitative estimate of drug-likeness (QED) is 0.890. The topological polar surface area (TPSA) is 60.2 Å². The van der Waals surface area contributed by atoms with Crippen molar-refractivity contribution in [3.8, 4) is 5.75 Å². The van der Waals surface area contributed by atoms with Crippen LogP contribution < -0.4 is 15.8 Å². The second-order valence-corrected chi connectivity index (χ2v) is 4.12. The Morgan fingerprint density at radius 3 is 2.94 bits per heavy atom. The lowest BCUT2D eigenvalue weighted by molar-refractivity contribution is 0.417. The molecule has 4 nitrogen and oxygen atoms in total. The Morgan fingerprint density at radius 1 is 1.39 bits per heavy atom. The Labute approximate surface area is 111 Å². The molecule has 0 saturated carbocycles. The maximum absolute atomic E-state index is 5.97. The zero-order valence-electron chi connectivity index (χ0n) is 9.98. The van der Waals surface area contributed by atoms with E-state index in [0.717, 1.165) is 11.3 Å². The maximum atomic E-state index is 5.97. The molecule has 1 aromatic heterocycles. The van der Waals surface area contributed by atoms with Crippen LogP contribution in [0.15, 0.2) is 36.5 Å². The summed E-state index contributed by atoms with van der Waals surface area (Å²) in [6, 6.07) is 9.13. The molecule has 0 aliphatic carbocycles. The molecule has 0 fully saturated rings. The van der Waals surface area contributed by atoms with Crippen molar-refractivity contribution >= 4 is 23.1 Å². The molecule has 0 amide bonds. The number of nitrogens with one attached hydrogen (secondary N) is 1. The highest BCUT2D eigenvalue weighted by Crippen LogP contribution is 2.30. The van der Waals surface area contributed by atoms with Gasteiger partial charge in [-0.3, -0.25) is 0 Å². The average molecular weight is 264 g/mol. The van der Waals surface area contributed by atoms with Crippen molar-refractivity contribution in [1.82, 2.24) is 4.98 Å². The maximum Gasteiger partial charge on any atom is 0.142 e. The van der Waals surface area contributed by atoms with Gasteiger partial charge in [-0.1, -0.05) is 17.7 Å². The Bertz CT molecular complexity index is 546. The fourth-order valence-electron chi connectivity index (χ4n) is 1.62. The minimum Gasteiger partial charge on any atom is -0.495 e. The fraction of sp³-hybridized carbons (Fsp3) is 0.154. The van der Waals surface area contributed by atoms with E-state index in [1.165, 1.54) is 0 Å². The molecule has 0 atom stereocenters. The first-order chi connectivity index (χ1) is 8.74. The van der Waals surface area contributed by atoms with Crippen LogP contribution in [0.4, 0.5) is 11.5 Å². The second kappa shape index (κ2) is 5.71. The van der Waals surface area contributed by atoms with E-state index in [0.29, 0.717) is 23.1 Å². The highest BCUT2D eigenvalue weighted by atomic mass is 35.5. The molecule has 3 N–H and O–H groups in total. The van der Waals surface area contributed by atoms with Gasteiger partial charge < -0.3 is 15.8 Å². The van der Waals surface area contributed by atoms with Crippen LogP contribution in [-0.4, -0.2) is 12.1 Å². The van der Waals surface area contributed by atoms with Gasteiger partial charge in [-0.05, 0) is 24.3 Å². The van der Waals surface area contributed by atoms with Gasteiger partial charge in [0, 0.05) is 23.3 Å². The van der Waals surface area contributed by atoms with Crippen molar-refractivity contribution in [2.24, 2.45) is 5.73 Å². The van der Waals surface area contributed by atoms with E-state index in [9.17, 15) is 0 Å². The van der Waals surface area contributed by atoms with Crippen LogP contribution in [0, 0.1) is 0 Å². The number of nitrogens with two attached hydrogens (primary N) is 1. The normalized spacial score (nSPS) is 10.2. The SMILES string of the molecule is COc1ccc(Cl)cc1Nc1ncccc1CN. The lowest BCUT2D eigenvalue weighted by Crippen LogP contribution is -2.04. The third-order valence-corrected chi connectivity index (χ3v) is 2.76. The monoisotopic (exact) mass is 263 g/mol. The van der Waals surface area contributed by atoms with Gasteiger partial charge in [0.25, 0.3) is 0 Å². The molecular formula is C13H14ClN3O. The van der Waals surface area contributed by atoms with Gasteiger partial charge in [0.2, 0.25) is 0 Å². The van der Waals surface area contributed by atoms with Crippen molar-refractivity contribution in [3.05, 3.63) is 47.1 Å². The van der Waals surface area contributed by atoms with Crippen LogP contribution >= 0.6 is 11.6 Å². The molecule has 1 aromatic carbocycles. The zero-order valence-corrected chi connectivity index (χ0v) is 10.7. The van der Waals surface area contributed by atoms with E-state index in [-0.39, 0.29) is 0 Å². The van der Waals surface area contributed by atoms with E-state index in [4.69, 9.17) is 22.1 Å². The van der Waals surface area contributed by atoms with E-state index >= 15 is 0 Å². The third-order valence-electron chi connectivity index (χ3n) is 2.53. The van der Waals surface area contributed by atoms with Crippen molar-refractivity contribution in [3.63, 3.8) is 0 Å². The number of aromatic nitrogens is 1. The summed E-state index contributed by atoms with van der Waals surface area (Å²) >= 11 is 5.97. The predicted octanol–water partition coefficient (Wildman–Crippen LogP) is 2.95. The van der Waals surface area contributed by atoms with Crippen LogP contribution in [0.2, 0.25) is 5.02 Å². The van der Waals surface area contributed by atoms with Crippen molar-refractivity contribution in [1.29, 1.82) is 0 Å². The van der Waals surface area contributed by atoms with Crippen LogP contribution in [-0.2, 0) is 6.54 Å². The molecule has 18 heavy (non-hydrogen) atoms. The smallest absolute Gasteiger partial charge is 0.142 e.